The van der Waals surface area contributed by atoms with Gasteiger partial charge in [0.15, 0.2) is 0 Å². The first kappa shape index (κ1) is 17.4. The van der Waals surface area contributed by atoms with E-state index < -0.39 is 20.0 Å². The van der Waals surface area contributed by atoms with Crippen LogP contribution in [0.4, 0.5) is 0 Å². The maximum atomic E-state index is 12.1. The Morgan fingerprint density at radius 2 is 1.75 bits per heavy atom. The van der Waals surface area contributed by atoms with E-state index in [2.05, 4.69) is 25.4 Å². The van der Waals surface area contributed by atoms with Gasteiger partial charge in [-0.15, -0.1) is 0 Å². The van der Waals surface area contributed by atoms with E-state index in [0.717, 1.165) is 6.26 Å². The Balaban J connectivity index is 2.81. The molecule has 0 aromatic heterocycles. The maximum Gasteiger partial charge on any atom is 0.244 e. The highest BCUT2D eigenvalue weighted by molar-refractivity contribution is 9.10. The summed E-state index contributed by atoms with van der Waals surface area (Å²) in [7, 11) is -5.76. The highest BCUT2D eigenvalue weighted by Gasteiger charge is 2.19. The lowest BCUT2D eigenvalue weighted by Crippen LogP contribution is -2.34. The molecule has 1 aromatic carbocycles. The van der Waals surface area contributed by atoms with Crippen LogP contribution in [0.15, 0.2) is 27.6 Å². The van der Waals surface area contributed by atoms with Gasteiger partial charge in [-0.3, -0.25) is 0 Å². The van der Waals surface area contributed by atoms with Crippen LogP contribution in [0, 0.1) is 0 Å². The summed E-state index contributed by atoms with van der Waals surface area (Å²) < 4.78 is 56.0. The number of sulfonamides is 2. The van der Waals surface area contributed by atoms with Gasteiger partial charge in [0.05, 0.1) is 13.4 Å². The van der Waals surface area contributed by atoms with Crippen LogP contribution < -0.4 is 14.2 Å². The van der Waals surface area contributed by atoms with Gasteiger partial charge < -0.3 is 4.74 Å². The van der Waals surface area contributed by atoms with Gasteiger partial charge in [0.2, 0.25) is 20.0 Å². The van der Waals surface area contributed by atoms with Gasteiger partial charge in [0, 0.05) is 17.6 Å². The van der Waals surface area contributed by atoms with Crippen molar-refractivity contribution in [3.63, 3.8) is 0 Å². The number of hydrogen-bond acceptors (Lipinski definition) is 5. The van der Waals surface area contributed by atoms with E-state index >= 15 is 0 Å². The second kappa shape index (κ2) is 6.85. The normalized spacial score (nSPS) is 12.3. The van der Waals surface area contributed by atoms with Gasteiger partial charge in [-0.1, -0.05) is 15.9 Å². The monoisotopic (exact) mass is 386 g/mol. The predicted octanol–water partition coefficient (Wildman–Crippen LogP) is 0.285. The van der Waals surface area contributed by atoms with E-state index in [1.54, 1.807) is 6.07 Å². The van der Waals surface area contributed by atoms with Crippen molar-refractivity contribution in [1.82, 2.24) is 9.44 Å². The summed E-state index contributed by atoms with van der Waals surface area (Å²) in [4.78, 5) is -0.0197. The van der Waals surface area contributed by atoms with Crippen molar-refractivity contribution in [3.05, 3.63) is 22.7 Å². The zero-order valence-electron chi connectivity index (χ0n) is 10.9. The van der Waals surface area contributed by atoms with E-state index in [1.807, 2.05) is 0 Å². The molecule has 0 spiro atoms. The van der Waals surface area contributed by atoms with Crippen LogP contribution in [0.25, 0.3) is 0 Å². The van der Waals surface area contributed by atoms with Gasteiger partial charge in [0.25, 0.3) is 0 Å². The number of halogens is 1. The second-order valence-electron chi connectivity index (χ2n) is 3.86. The minimum absolute atomic E-state index is 0.0197. The Morgan fingerprint density at radius 1 is 1.15 bits per heavy atom. The predicted molar refractivity (Wildman–Crippen MR) is 78.7 cm³/mol. The minimum atomic E-state index is -3.78. The fraction of sp³-hybridized carbons (Fsp3) is 0.400. The van der Waals surface area contributed by atoms with Crippen LogP contribution >= 0.6 is 15.9 Å². The van der Waals surface area contributed by atoms with Crippen molar-refractivity contribution in [2.75, 3.05) is 26.5 Å². The van der Waals surface area contributed by atoms with Crippen LogP contribution in [-0.2, 0) is 20.0 Å². The molecule has 0 saturated heterocycles. The van der Waals surface area contributed by atoms with Crippen LogP contribution in [0.3, 0.4) is 0 Å². The van der Waals surface area contributed by atoms with Crippen molar-refractivity contribution < 1.29 is 21.6 Å². The third-order valence-corrected chi connectivity index (χ3v) is 4.90. The van der Waals surface area contributed by atoms with Crippen molar-refractivity contribution >= 4 is 36.0 Å². The fourth-order valence-corrected chi connectivity index (χ4v) is 3.57. The molecule has 0 heterocycles. The van der Waals surface area contributed by atoms with Gasteiger partial charge in [-0.05, 0) is 18.2 Å². The molecule has 1 aromatic rings. The highest BCUT2D eigenvalue weighted by Crippen LogP contribution is 2.26. The number of benzene rings is 1. The Labute approximate surface area is 126 Å². The summed E-state index contributed by atoms with van der Waals surface area (Å²) in [5.41, 5.74) is 0. The molecule has 20 heavy (non-hydrogen) atoms. The lowest BCUT2D eigenvalue weighted by molar-refractivity contribution is 0.402. The van der Waals surface area contributed by atoms with Crippen molar-refractivity contribution in [2.45, 2.75) is 4.90 Å². The molecule has 0 aliphatic heterocycles. The standard InChI is InChI=1S/C10H15BrN2O5S2/c1-18-9-4-3-8(11)7-10(9)20(16,17)13-6-5-12-19(2,14)15/h3-4,7,12-13H,5-6H2,1-2H3. The number of hydrogen-bond donors (Lipinski definition) is 2. The average molecular weight is 387 g/mol. The topological polar surface area (TPSA) is 102 Å². The molecule has 0 aliphatic rings. The molecule has 0 amide bonds. The molecule has 10 heteroatoms. The zero-order chi connectivity index (χ0) is 15.4. The summed E-state index contributed by atoms with van der Waals surface area (Å²) >= 11 is 3.19. The third kappa shape index (κ3) is 5.37. The Bertz CT molecular complexity index is 673. The Morgan fingerprint density at radius 3 is 2.30 bits per heavy atom. The summed E-state index contributed by atoms with van der Waals surface area (Å²) in [5.74, 6) is 0.205. The molecular formula is C10H15BrN2O5S2. The molecule has 0 unspecified atom stereocenters. The molecule has 2 N–H and O–H groups in total. The minimum Gasteiger partial charge on any atom is -0.495 e. The number of nitrogens with one attached hydrogen (secondary N) is 2. The van der Waals surface area contributed by atoms with Crippen molar-refractivity contribution in [2.24, 2.45) is 0 Å². The van der Waals surface area contributed by atoms with E-state index in [0.29, 0.717) is 4.47 Å². The molecule has 0 bridgehead atoms. The SMILES string of the molecule is COc1ccc(Br)cc1S(=O)(=O)NCCNS(C)(=O)=O. The van der Waals surface area contributed by atoms with E-state index in [4.69, 9.17) is 4.74 Å². The molecule has 0 fully saturated rings. The van der Waals surface area contributed by atoms with Crippen LogP contribution in [-0.4, -0.2) is 43.3 Å². The zero-order valence-corrected chi connectivity index (χ0v) is 14.1. The molecule has 0 radical (unpaired) electrons. The molecule has 114 valence electrons. The fourth-order valence-electron chi connectivity index (χ4n) is 1.36. The van der Waals surface area contributed by atoms with Gasteiger partial charge in [-0.25, -0.2) is 26.3 Å². The second-order valence-corrected chi connectivity index (χ2v) is 8.34. The summed E-state index contributed by atoms with van der Waals surface area (Å²) in [6.45, 7) is -0.0978. The highest BCUT2D eigenvalue weighted by atomic mass is 79.9. The first-order valence-corrected chi connectivity index (χ1v) is 9.60. The first-order valence-electron chi connectivity index (χ1n) is 5.43. The summed E-state index contributed by atoms with van der Waals surface area (Å²) in [6, 6.07) is 4.58. The lowest BCUT2D eigenvalue weighted by atomic mass is 10.3. The third-order valence-electron chi connectivity index (χ3n) is 2.20. The van der Waals surface area contributed by atoms with Gasteiger partial charge in [0.1, 0.15) is 10.6 Å². The molecule has 0 saturated carbocycles. The van der Waals surface area contributed by atoms with E-state index in [-0.39, 0.29) is 23.7 Å². The van der Waals surface area contributed by atoms with E-state index in [1.165, 1.54) is 19.2 Å². The molecule has 0 aliphatic carbocycles. The maximum absolute atomic E-state index is 12.1. The van der Waals surface area contributed by atoms with Crippen molar-refractivity contribution in [1.29, 1.82) is 0 Å². The number of rotatable bonds is 7. The van der Waals surface area contributed by atoms with Gasteiger partial charge >= 0.3 is 0 Å². The lowest BCUT2D eigenvalue weighted by Gasteiger charge is -2.11. The average Bonchev–Trinajstić information content (AvgIpc) is 2.33. The van der Waals surface area contributed by atoms with Crippen molar-refractivity contribution in [3.8, 4) is 5.75 Å². The Kier molecular flexibility index (Phi) is 5.95. The smallest absolute Gasteiger partial charge is 0.244 e. The largest absolute Gasteiger partial charge is 0.495 e. The van der Waals surface area contributed by atoms with E-state index in [9.17, 15) is 16.8 Å². The number of ether oxygens (including phenoxy) is 1. The summed E-state index contributed by atoms with van der Waals surface area (Å²) in [5, 5.41) is 0. The molecule has 1 rings (SSSR count). The van der Waals surface area contributed by atoms with Crippen LogP contribution in [0.1, 0.15) is 0 Å². The quantitative estimate of drug-likeness (QED) is 0.655. The molecular weight excluding hydrogens is 372 g/mol. The van der Waals surface area contributed by atoms with Crippen LogP contribution in [0.5, 0.6) is 5.75 Å². The van der Waals surface area contributed by atoms with Gasteiger partial charge in [-0.2, -0.15) is 0 Å². The Hall–Kier alpha value is -0.680. The number of methoxy groups -OCH3 is 1. The summed E-state index contributed by atoms with van der Waals surface area (Å²) in [6.07, 6.45) is 0.999. The molecule has 0 atom stereocenters. The first-order chi connectivity index (χ1) is 9.15. The molecule has 7 nitrogen and oxygen atoms in total. The van der Waals surface area contributed by atoms with Crippen LogP contribution in [0.2, 0.25) is 0 Å².